The third-order valence-corrected chi connectivity index (χ3v) is 4.74. The molecular weight excluding hydrogens is 304 g/mol. The van der Waals surface area contributed by atoms with Gasteiger partial charge >= 0.3 is 0 Å². The molecular formula is C19H30N2O3. The van der Waals surface area contributed by atoms with E-state index in [0.29, 0.717) is 29.9 Å². The summed E-state index contributed by atoms with van der Waals surface area (Å²) in [5, 5.41) is 3.04. The standard InChI is InChI=1S/C19H30N2O3/c1-13-8-14(2)12-21(11-13)15(3)19(22)20-10-16-6-7-17(23-4)18(9-16)24-5/h6-7,9,13-15H,8,10-12H2,1-5H3,(H,20,22)/t13-,14-,15+/m1/s1. The zero-order chi connectivity index (χ0) is 17.7. The van der Waals surface area contributed by atoms with Gasteiger partial charge in [0.1, 0.15) is 0 Å². The lowest BCUT2D eigenvalue weighted by molar-refractivity contribution is -0.127. The minimum absolute atomic E-state index is 0.0751. The van der Waals surface area contributed by atoms with Crippen molar-refractivity contribution in [1.82, 2.24) is 10.2 Å². The van der Waals surface area contributed by atoms with E-state index in [4.69, 9.17) is 9.47 Å². The topological polar surface area (TPSA) is 50.8 Å². The molecule has 24 heavy (non-hydrogen) atoms. The maximum Gasteiger partial charge on any atom is 0.237 e. The number of hydrogen-bond acceptors (Lipinski definition) is 4. The molecule has 0 radical (unpaired) electrons. The first-order chi connectivity index (χ1) is 11.4. The first kappa shape index (κ1) is 18.6. The first-order valence-corrected chi connectivity index (χ1v) is 8.67. The minimum atomic E-state index is -0.102. The monoisotopic (exact) mass is 334 g/mol. The number of hydrogen-bond donors (Lipinski definition) is 1. The molecule has 5 nitrogen and oxygen atoms in total. The Morgan fingerprint density at radius 3 is 2.42 bits per heavy atom. The van der Waals surface area contributed by atoms with Crippen LogP contribution in [0, 0.1) is 11.8 Å². The summed E-state index contributed by atoms with van der Waals surface area (Å²) in [4.78, 5) is 14.8. The number of carbonyl (C=O) groups is 1. The first-order valence-electron chi connectivity index (χ1n) is 8.67. The van der Waals surface area contributed by atoms with Gasteiger partial charge in [-0.2, -0.15) is 0 Å². The summed E-state index contributed by atoms with van der Waals surface area (Å²) in [7, 11) is 3.22. The van der Waals surface area contributed by atoms with Gasteiger partial charge in [-0.3, -0.25) is 9.69 Å². The van der Waals surface area contributed by atoms with E-state index in [1.54, 1.807) is 14.2 Å². The fourth-order valence-corrected chi connectivity index (χ4v) is 3.52. The number of methoxy groups -OCH3 is 2. The smallest absolute Gasteiger partial charge is 0.237 e. The average molecular weight is 334 g/mol. The van der Waals surface area contributed by atoms with E-state index in [1.165, 1.54) is 6.42 Å². The van der Waals surface area contributed by atoms with Gasteiger partial charge in [0.25, 0.3) is 0 Å². The summed E-state index contributed by atoms with van der Waals surface area (Å²) >= 11 is 0. The fraction of sp³-hybridized carbons (Fsp3) is 0.632. The Hall–Kier alpha value is -1.75. The highest BCUT2D eigenvalue weighted by atomic mass is 16.5. The average Bonchev–Trinajstić information content (AvgIpc) is 2.57. The second-order valence-corrected chi connectivity index (χ2v) is 6.98. The Morgan fingerprint density at radius 2 is 1.83 bits per heavy atom. The highest BCUT2D eigenvalue weighted by molar-refractivity contribution is 5.81. The number of rotatable bonds is 6. The van der Waals surface area contributed by atoms with Gasteiger partial charge in [-0.05, 0) is 42.9 Å². The summed E-state index contributed by atoms with van der Waals surface area (Å²) < 4.78 is 10.5. The lowest BCUT2D eigenvalue weighted by Crippen LogP contribution is -2.50. The molecule has 5 heteroatoms. The fourth-order valence-electron chi connectivity index (χ4n) is 3.52. The molecule has 0 saturated carbocycles. The van der Waals surface area contributed by atoms with Crippen molar-refractivity contribution >= 4 is 5.91 Å². The number of nitrogens with one attached hydrogen (secondary N) is 1. The van der Waals surface area contributed by atoms with Crippen molar-refractivity contribution in [2.24, 2.45) is 11.8 Å². The van der Waals surface area contributed by atoms with E-state index >= 15 is 0 Å². The largest absolute Gasteiger partial charge is 0.493 e. The number of likely N-dealkylation sites (tertiary alicyclic amines) is 1. The minimum Gasteiger partial charge on any atom is -0.493 e. The predicted molar refractivity (Wildman–Crippen MR) is 95.4 cm³/mol. The molecule has 2 rings (SSSR count). The van der Waals surface area contributed by atoms with Crippen molar-refractivity contribution in [3.63, 3.8) is 0 Å². The number of benzene rings is 1. The van der Waals surface area contributed by atoms with Crippen molar-refractivity contribution in [3.05, 3.63) is 23.8 Å². The third-order valence-electron chi connectivity index (χ3n) is 4.74. The van der Waals surface area contributed by atoms with Crippen LogP contribution in [0.1, 0.15) is 32.8 Å². The molecule has 1 aliphatic rings. The van der Waals surface area contributed by atoms with Crippen molar-refractivity contribution in [2.75, 3.05) is 27.3 Å². The molecule has 134 valence electrons. The van der Waals surface area contributed by atoms with Gasteiger partial charge in [0.05, 0.1) is 20.3 Å². The summed E-state index contributed by atoms with van der Waals surface area (Å²) in [6.45, 7) is 9.00. The van der Waals surface area contributed by atoms with Crippen LogP contribution in [0.3, 0.4) is 0 Å². The summed E-state index contributed by atoms with van der Waals surface area (Å²) in [5.74, 6) is 2.74. The Bertz CT molecular complexity index is 552. The van der Waals surface area contributed by atoms with Gasteiger partial charge in [0, 0.05) is 19.6 Å². The molecule has 1 aromatic carbocycles. The summed E-state index contributed by atoms with van der Waals surface area (Å²) in [6.07, 6.45) is 1.25. The highest BCUT2D eigenvalue weighted by Crippen LogP contribution is 2.27. The van der Waals surface area contributed by atoms with Crippen molar-refractivity contribution in [2.45, 2.75) is 39.8 Å². The van der Waals surface area contributed by atoms with E-state index in [1.807, 2.05) is 25.1 Å². The molecule has 3 atom stereocenters. The van der Waals surface area contributed by atoms with Crippen molar-refractivity contribution < 1.29 is 14.3 Å². The second kappa shape index (κ2) is 8.38. The van der Waals surface area contributed by atoms with Crippen LogP contribution < -0.4 is 14.8 Å². The zero-order valence-electron chi connectivity index (χ0n) is 15.5. The van der Waals surface area contributed by atoms with Gasteiger partial charge in [0.15, 0.2) is 11.5 Å². The van der Waals surface area contributed by atoms with Gasteiger partial charge < -0.3 is 14.8 Å². The van der Waals surface area contributed by atoms with Gasteiger partial charge in [-0.25, -0.2) is 0 Å². The maximum atomic E-state index is 12.5. The van der Waals surface area contributed by atoms with Gasteiger partial charge in [-0.15, -0.1) is 0 Å². The molecule has 1 heterocycles. The van der Waals surface area contributed by atoms with Crippen LogP contribution >= 0.6 is 0 Å². The van der Waals surface area contributed by atoms with Crippen LogP contribution in [0.4, 0.5) is 0 Å². The molecule has 0 aliphatic carbocycles. The lowest BCUT2D eigenvalue weighted by atomic mass is 9.91. The zero-order valence-corrected chi connectivity index (χ0v) is 15.5. The van der Waals surface area contributed by atoms with Crippen LogP contribution in [0.25, 0.3) is 0 Å². The number of piperidine rings is 1. The summed E-state index contributed by atoms with van der Waals surface area (Å²) in [5.41, 5.74) is 0.994. The lowest BCUT2D eigenvalue weighted by Gasteiger charge is -2.38. The van der Waals surface area contributed by atoms with Crippen molar-refractivity contribution in [1.29, 1.82) is 0 Å². The molecule has 0 spiro atoms. The second-order valence-electron chi connectivity index (χ2n) is 6.98. The van der Waals surface area contributed by atoms with Crippen LogP contribution in [0.15, 0.2) is 18.2 Å². The van der Waals surface area contributed by atoms with Crippen LogP contribution in [-0.2, 0) is 11.3 Å². The van der Waals surface area contributed by atoms with E-state index in [-0.39, 0.29) is 11.9 Å². The molecule has 1 fully saturated rings. The molecule has 0 unspecified atom stereocenters. The molecule has 0 bridgehead atoms. The Kier molecular flexibility index (Phi) is 6.49. The van der Waals surface area contributed by atoms with Gasteiger partial charge in [-0.1, -0.05) is 19.9 Å². The van der Waals surface area contributed by atoms with E-state index in [9.17, 15) is 4.79 Å². The van der Waals surface area contributed by atoms with Crippen LogP contribution in [-0.4, -0.2) is 44.2 Å². The molecule has 1 saturated heterocycles. The third kappa shape index (κ3) is 4.63. The number of nitrogens with zero attached hydrogens (tertiary/aromatic N) is 1. The molecule has 1 aliphatic heterocycles. The SMILES string of the molecule is COc1ccc(CNC(=O)[C@H](C)N2C[C@H](C)C[C@@H](C)C2)cc1OC. The van der Waals surface area contributed by atoms with E-state index < -0.39 is 0 Å². The highest BCUT2D eigenvalue weighted by Gasteiger charge is 2.28. The molecule has 1 amide bonds. The quantitative estimate of drug-likeness (QED) is 0.869. The van der Waals surface area contributed by atoms with Crippen LogP contribution in [0.5, 0.6) is 11.5 Å². The van der Waals surface area contributed by atoms with Crippen molar-refractivity contribution in [3.8, 4) is 11.5 Å². The maximum absolute atomic E-state index is 12.5. The molecule has 1 N–H and O–H groups in total. The van der Waals surface area contributed by atoms with Crippen LogP contribution in [0.2, 0.25) is 0 Å². The number of amides is 1. The predicted octanol–water partition coefficient (Wildman–Crippen LogP) is 2.69. The Labute approximate surface area is 145 Å². The van der Waals surface area contributed by atoms with E-state index in [2.05, 4.69) is 24.1 Å². The van der Waals surface area contributed by atoms with E-state index in [0.717, 1.165) is 18.7 Å². The Morgan fingerprint density at radius 1 is 1.21 bits per heavy atom. The molecule has 0 aromatic heterocycles. The normalized spacial score (nSPS) is 22.7. The summed E-state index contributed by atoms with van der Waals surface area (Å²) in [6, 6.07) is 5.60. The Balaban J connectivity index is 1.92. The number of carbonyl (C=O) groups excluding carboxylic acids is 1. The van der Waals surface area contributed by atoms with Gasteiger partial charge in [0.2, 0.25) is 5.91 Å². The molecule has 1 aromatic rings. The number of ether oxygens (including phenoxy) is 2.